The maximum atomic E-state index is 13.7. The first-order valence-corrected chi connectivity index (χ1v) is 11.8. The number of hydrogen-bond donors (Lipinski definition) is 1. The van der Waals surface area contributed by atoms with Crippen LogP contribution in [0.1, 0.15) is 71.8 Å². The molecule has 0 aliphatic carbocycles. The standard InChI is InChI=1S/C29H34N2O/c1-5-6-12-23-15-17-24(18-16-23)29(32)31-22(4)19-27(25-13-9-11-21(3)28(25)31)30-26-14-8-7-10-20(26)2/h7-11,13-18,22,27,30H,5-6,12,19H2,1-4H3. The van der Waals surface area contributed by atoms with Crippen LogP contribution in [0.4, 0.5) is 11.4 Å². The molecule has 0 fully saturated rings. The summed E-state index contributed by atoms with van der Waals surface area (Å²) in [5.41, 5.74) is 7.83. The maximum absolute atomic E-state index is 13.7. The van der Waals surface area contributed by atoms with Crippen LogP contribution in [0.5, 0.6) is 0 Å². The van der Waals surface area contributed by atoms with Crippen molar-refractivity contribution < 1.29 is 4.79 Å². The highest BCUT2D eigenvalue weighted by molar-refractivity contribution is 6.07. The van der Waals surface area contributed by atoms with Crippen LogP contribution < -0.4 is 10.2 Å². The van der Waals surface area contributed by atoms with E-state index < -0.39 is 0 Å². The number of rotatable bonds is 6. The molecule has 1 aliphatic rings. The van der Waals surface area contributed by atoms with E-state index in [9.17, 15) is 4.79 Å². The summed E-state index contributed by atoms with van der Waals surface area (Å²) in [6.45, 7) is 8.60. The Labute approximate surface area is 192 Å². The second-order valence-electron chi connectivity index (χ2n) is 9.08. The summed E-state index contributed by atoms with van der Waals surface area (Å²) in [6.07, 6.45) is 4.29. The van der Waals surface area contributed by atoms with E-state index in [1.807, 2.05) is 17.0 Å². The molecule has 2 unspecified atom stereocenters. The van der Waals surface area contributed by atoms with Gasteiger partial charge in [0.05, 0.1) is 11.7 Å². The number of carbonyl (C=O) groups is 1. The third-order valence-electron chi connectivity index (χ3n) is 6.62. The molecule has 166 valence electrons. The highest BCUT2D eigenvalue weighted by Crippen LogP contribution is 2.41. The number of fused-ring (bicyclic) bond motifs is 1. The average Bonchev–Trinajstić information content (AvgIpc) is 2.80. The molecule has 3 nitrogen and oxygen atoms in total. The second-order valence-corrected chi connectivity index (χ2v) is 9.08. The summed E-state index contributed by atoms with van der Waals surface area (Å²) >= 11 is 0. The minimum Gasteiger partial charge on any atom is -0.378 e. The van der Waals surface area contributed by atoms with Gasteiger partial charge in [0.25, 0.3) is 5.91 Å². The summed E-state index contributed by atoms with van der Waals surface area (Å²) in [6, 6.07) is 23.2. The van der Waals surface area contributed by atoms with Crippen molar-refractivity contribution in [3.8, 4) is 0 Å². The summed E-state index contributed by atoms with van der Waals surface area (Å²) in [7, 11) is 0. The number of unbranched alkanes of at least 4 members (excludes halogenated alkanes) is 1. The third kappa shape index (κ3) is 4.43. The molecule has 0 spiro atoms. The number of carbonyl (C=O) groups excluding carboxylic acids is 1. The van der Waals surface area contributed by atoms with Gasteiger partial charge in [0.1, 0.15) is 0 Å². The monoisotopic (exact) mass is 426 g/mol. The quantitative estimate of drug-likeness (QED) is 0.450. The van der Waals surface area contributed by atoms with Gasteiger partial charge < -0.3 is 10.2 Å². The van der Waals surface area contributed by atoms with E-state index in [0.717, 1.165) is 35.3 Å². The molecule has 3 aromatic rings. The normalized spacial score (nSPS) is 17.7. The van der Waals surface area contributed by atoms with Crippen LogP contribution in [0.3, 0.4) is 0 Å². The number of benzene rings is 3. The molecule has 32 heavy (non-hydrogen) atoms. The summed E-state index contributed by atoms with van der Waals surface area (Å²) in [4.78, 5) is 15.7. The lowest BCUT2D eigenvalue weighted by atomic mass is 9.88. The predicted molar refractivity (Wildman–Crippen MR) is 135 cm³/mol. The fraction of sp³-hybridized carbons (Fsp3) is 0.345. The molecule has 0 radical (unpaired) electrons. The molecule has 1 amide bonds. The number of nitrogens with one attached hydrogen (secondary N) is 1. The lowest BCUT2D eigenvalue weighted by Gasteiger charge is -2.41. The van der Waals surface area contributed by atoms with Gasteiger partial charge in [-0.25, -0.2) is 0 Å². The minimum absolute atomic E-state index is 0.0874. The molecule has 0 saturated carbocycles. The SMILES string of the molecule is CCCCc1ccc(C(=O)N2c3c(C)cccc3C(Nc3ccccc3C)CC2C)cc1. The van der Waals surface area contributed by atoms with Crippen molar-refractivity contribution in [3.05, 3.63) is 94.5 Å². The van der Waals surface area contributed by atoms with Gasteiger partial charge in [-0.3, -0.25) is 4.79 Å². The molecule has 3 aromatic carbocycles. The molecular weight excluding hydrogens is 392 g/mol. The summed E-state index contributed by atoms with van der Waals surface area (Å²) in [5, 5.41) is 3.75. The topological polar surface area (TPSA) is 32.3 Å². The van der Waals surface area contributed by atoms with Crippen molar-refractivity contribution >= 4 is 17.3 Å². The Morgan fingerprint density at radius 1 is 0.969 bits per heavy atom. The van der Waals surface area contributed by atoms with Crippen molar-refractivity contribution in [2.75, 3.05) is 10.2 Å². The van der Waals surface area contributed by atoms with Gasteiger partial charge in [-0.2, -0.15) is 0 Å². The number of nitrogens with zero attached hydrogens (tertiary/aromatic N) is 1. The minimum atomic E-state index is 0.0874. The Hall–Kier alpha value is -3.07. The molecule has 0 saturated heterocycles. The van der Waals surface area contributed by atoms with Crippen LogP contribution in [0, 0.1) is 13.8 Å². The number of hydrogen-bond acceptors (Lipinski definition) is 2. The zero-order valence-electron chi connectivity index (χ0n) is 19.7. The largest absolute Gasteiger partial charge is 0.378 e. The molecule has 4 rings (SSSR count). The molecule has 1 N–H and O–H groups in total. The summed E-state index contributed by atoms with van der Waals surface area (Å²) < 4.78 is 0. The number of aryl methyl sites for hydroxylation is 3. The first-order valence-electron chi connectivity index (χ1n) is 11.8. The van der Waals surface area contributed by atoms with E-state index in [4.69, 9.17) is 0 Å². The Morgan fingerprint density at radius 3 is 2.41 bits per heavy atom. The number of para-hydroxylation sites is 2. The van der Waals surface area contributed by atoms with Gasteiger partial charge >= 0.3 is 0 Å². The molecule has 2 atom stereocenters. The average molecular weight is 427 g/mol. The molecule has 1 heterocycles. The second kappa shape index (κ2) is 9.60. The van der Waals surface area contributed by atoms with Crippen LogP contribution in [-0.2, 0) is 6.42 Å². The van der Waals surface area contributed by atoms with Gasteiger partial charge in [0.15, 0.2) is 0 Å². The predicted octanol–water partition coefficient (Wildman–Crippen LogP) is 7.24. The van der Waals surface area contributed by atoms with Gasteiger partial charge in [-0.05, 0) is 80.5 Å². The van der Waals surface area contributed by atoms with E-state index in [2.05, 4.69) is 87.6 Å². The molecule has 1 aliphatic heterocycles. The molecule has 0 aromatic heterocycles. The van der Waals surface area contributed by atoms with E-state index in [-0.39, 0.29) is 18.0 Å². The van der Waals surface area contributed by atoms with E-state index in [1.165, 1.54) is 29.5 Å². The van der Waals surface area contributed by atoms with Crippen molar-refractivity contribution in [2.24, 2.45) is 0 Å². The fourth-order valence-electron chi connectivity index (χ4n) is 4.78. The summed E-state index contributed by atoms with van der Waals surface area (Å²) in [5.74, 6) is 0.0874. The van der Waals surface area contributed by atoms with E-state index in [0.29, 0.717) is 0 Å². The van der Waals surface area contributed by atoms with Crippen LogP contribution in [-0.4, -0.2) is 11.9 Å². The van der Waals surface area contributed by atoms with Crippen molar-refractivity contribution in [3.63, 3.8) is 0 Å². The van der Waals surface area contributed by atoms with Crippen molar-refractivity contribution in [2.45, 2.75) is 65.5 Å². The van der Waals surface area contributed by atoms with Crippen molar-refractivity contribution in [1.82, 2.24) is 0 Å². The number of anilines is 2. The Morgan fingerprint density at radius 2 is 1.69 bits per heavy atom. The highest BCUT2D eigenvalue weighted by Gasteiger charge is 2.35. The van der Waals surface area contributed by atoms with E-state index >= 15 is 0 Å². The lowest BCUT2D eigenvalue weighted by molar-refractivity contribution is 0.0974. The molecular formula is C29H34N2O. The van der Waals surface area contributed by atoms with Crippen LogP contribution in [0.25, 0.3) is 0 Å². The lowest BCUT2D eigenvalue weighted by Crippen LogP contribution is -2.44. The van der Waals surface area contributed by atoms with Gasteiger partial charge in [-0.15, -0.1) is 0 Å². The van der Waals surface area contributed by atoms with Crippen LogP contribution in [0.15, 0.2) is 66.7 Å². The molecule has 0 bridgehead atoms. The third-order valence-corrected chi connectivity index (χ3v) is 6.62. The van der Waals surface area contributed by atoms with Crippen LogP contribution in [0.2, 0.25) is 0 Å². The zero-order valence-corrected chi connectivity index (χ0v) is 19.7. The van der Waals surface area contributed by atoms with Crippen molar-refractivity contribution in [1.29, 1.82) is 0 Å². The smallest absolute Gasteiger partial charge is 0.258 e. The first kappa shape index (κ1) is 22.1. The molecule has 3 heteroatoms. The highest BCUT2D eigenvalue weighted by atomic mass is 16.2. The van der Waals surface area contributed by atoms with Crippen LogP contribution >= 0.6 is 0 Å². The van der Waals surface area contributed by atoms with E-state index in [1.54, 1.807) is 0 Å². The van der Waals surface area contributed by atoms with Gasteiger partial charge in [0.2, 0.25) is 0 Å². The fourth-order valence-corrected chi connectivity index (χ4v) is 4.78. The number of amides is 1. The van der Waals surface area contributed by atoms with Gasteiger partial charge in [-0.1, -0.05) is 61.9 Å². The zero-order chi connectivity index (χ0) is 22.7. The Balaban J connectivity index is 1.66. The Bertz CT molecular complexity index is 1090. The Kier molecular flexibility index (Phi) is 6.64. The maximum Gasteiger partial charge on any atom is 0.258 e. The van der Waals surface area contributed by atoms with Gasteiger partial charge in [0, 0.05) is 17.3 Å². The first-order chi connectivity index (χ1) is 15.5.